The Balaban J connectivity index is 0.000000232. The van der Waals surface area contributed by atoms with Gasteiger partial charge in [-0.1, -0.05) is 269 Å². The zero-order valence-electron chi connectivity index (χ0n) is 75.3. The normalized spacial score (nSPS) is 11.8. The lowest BCUT2D eigenvalue weighted by molar-refractivity contribution is -0.138. The lowest BCUT2D eigenvalue weighted by atomic mass is 9.85. The van der Waals surface area contributed by atoms with Gasteiger partial charge in [0.1, 0.15) is 0 Å². The van der Waals surface area contributed by atoms with Crippen LogP contribution < -0.4 is 38.7 Å². The van der Waals surface area contributed by atoms with Crippen LogP contribution in [0.5, 0.6) is 0 Å². The number of thiophene rings is 2. The topological polar surface area (TPSA) is 274 Å². The summed E-state index contributed by atoms with van der Waals surface area (Å²) in [4.78, 5) is 64.4. The molecule has 14 nitrogen and oxygen atoms in total. The summed E-state index contributed by atoms with van der Waals surface area (Å²) in [6, 6.07) is 65.6. The number of nitrogens with two attached hydrogens (primary N) is 5. The van der Waals surface area contributed by atoms with Crippen molar-refractivity contribution in [3.63, 3.8) is 0 Å². The molecule has 0 unspecified atom stereocenters. The standard InChI is InChI=1S/C20H22F3NO.C19H22ClNO.C19H23NO.C18H22ClNO2S.C16H20N2OS.C10H15NOS/c1-19(2,3)15-10-14(11-16(24)12-15)18(25)9-8-13-6-4-5-7-17(13)20(21,22)23;1-19(2,3)15-10-14(11-16(21)12-15)18(22)9-8-13-6-4-5-7-17(13)20;1-19(2,3)16-11-15(12-17(20)13-16)18(21)10-9-14-7-5-4-6-8-14;1-13-9-15(18(2,3)4)11-16(10-13)23(21,22)20-12-14-7-5-6-8-17(14)19;1-16(2,3)14-12(17)9-13(20-14)15(19)18-10-11-7-5-4-6-8-11;1-6(12)8-5-7(11)9(13-8)10(2,3)4/h4-7,10-12H,8-9,24H2,1-3H3;4-7,10-12H,8-9,21H2,1-3H3;4-8,11-13H,9-10,20H2,1-3H3;5-11,20H,12H2,1-4H3;4-9H,10,17H2,1-3H3,(H,18,19);5H,11H2,1-4H3. The zero-order valence-corrected chi connectivity index (χ0v) is 79.3. The van der Waals surface area contributed by atoms with Crippen molar-refractivity contribution < 1.29 is 45.6 Å². The van der Waals surface area contributed by atoms with E-state index in [1.54, 1.807) is 67.6 Å². The second kappa shape index (κ2) is 44.1. The Kier molecular flexibility index (Phi) is 36.5. The number of Topliss-reactive ketones (excluding diaryl/α,β-unsaturated/α-hetero) is 4. The number of aryl methyl sites for hydroxylation is 4. The minimum atomic E-state index is -4.42. The fourth-order valence-electron chi connectivity index (χ4n) is 12.7. The quantitative estimate of drug-likeness (QED) is 0.0277. The number of sulfonamides is 1. The summed E-state index contributed by atoms with van der Waals surface area (Å²) in [6.07, 6.45) is -2.05. The number of ketones is 4. The molecule has 0 atom stereocenters. The summed E-state index contributed by atoms with van der Waals surface area (Å²) in [7, 11) is -3.59. The molecule has 11 rings (SSSR count). The van der Waals surface area contributed by atoms with Gasteiger partial charge in [-0.05, 0) is 218 Å². The van der Waals surface area contributed by atoms with Gasteiger partial charge in [0.2, 0.25) is 10.0 Å². The van der Waals surface area contributed by atoms with Crippen LogP contribution >= 0.6 is 45.9 Å². The second-order valence-corrected chi connectivity index (χ2v) is 41.7. The molecule has 0 aliphatic rings. The number of nitrogens with one attached hydrogen (secondary N) is 2. The molecule has 124 heavy (non-hydrogen) atoms. The number of carbonyl (C=O) groups is 5. The number of rotatable bonds is 20. The lowest BCUT2D eigenvalue weighted by Crippen LogP contribution is -2.24. The second-order valence-electron chi connectivity index (χ2n) is 37.0. The molecule has 2 aromatic heterocycles. The van der Waals surface area contributed by atoms with E-state index in [0.29, 0.717) is 74.6 Å². The number of hydrogen-bond acceptors (Lipinski definition) is 14. The molecule has 0 saturated heterocycles. The molecule has 9 aromatic carbocycles. The molecule has 0 saturated carbocycles. The monoisotopic (exact) mass is 1780 g/mol. The van der Waals surface area contributed by atoms with Crippen LogP contribution in [0.15, 0.2) is 223 Å². The third kappa shape index (κ3) is 32.7. The third-order valence-corrected chi connectivity index (χ3v) is 25.2. The number of nitrogen functional groups attached to an aromatic ring is 5. The summed E-state index contributed by atoms with van der Waals surface area (Å²) in [5, 5.41) is 4.18. The van der Waals surface area contributed by atoms with Crippen molar-refractivity contribution in [2.24, 2.45) is 0 Å². The lowest BCUT2D eigenvalue weighted by Gasteiger charge is -2.21. The number of hydrogen-bond donors (Lipinski definition) is 7. The maximum atomic E-state index is 13.0. The fraction of sp³-hybridized carbons (Fsp3) is 0.343. The highest BCUT2D eigenvalue weighted by atomic mass is 35.5. The van der Waals surface area contributed by atoms with Crippen LogP contribution in [-0.4, -0.2) is 37.5 Å². The van der Waals surface area contributed by atoms with Crippen LogP contribution in [0.3, 0.4) is 0 Å². The molecule has 0 bridgehead atoms. The Morgan fingerprint density at radius 2 is 0.742 bits per heavy atom. The Hall–Kier alpha value is -10.2. The van der Waals surface area contributed by atoms with Crippen molar-refractivity contribution in [1.29, 1.82) is 0 Å². The maximum Gasteiger partial charge on any atom is 0.416 e. The van der Waals surface area contributed by atoms with Gasteiger partial charge in [0, 0.05) is 97.3 Å². The summed E-state index contributed by atoms with van der Waals surface area (Å²) < 4.78 is 66.9. The van der Waals surface area contributed by atoms with E-state index in [-0.39, 0.29) is 91.4 Å². The van der Waals surface area contributed by atoms with E-state index in [1.165, 1.54) is 40.4 Å². The molecule has 0 spiro atoms. The smallest absolute Gasteiger partial charge is 0.399 e. The van der Waals surface area contributed by atoms with Crippen LogP contribution in [0.2, 0.25) is 10.0 Å². The molecular weight excluding hydrogens is 1660 g/mol. The van der Waals surface area contributed by atoms with Gasteiger partial charge in [-0.2, -0.15) is 13.2 Å². The molecule has 11 aromatic rings. The molecule has 662 valence electrons. The Morgan fingerprint density at radius 1 is 0.387 bits per heavy atom. The third-order valence-electron chi connectivity index (χ3n) is 19.8. The van der Waals surface area contributed by atoms with Crippen LogP contribution in [0, 0.1) is 6.92 Å². The maximum absolute atomic E-state index is 13.0. The Morgan fingerprint density at radius 3 is 1.13 bits per heavy atom. The van der Waals surface area contributed by atoms with Crippen LogP contribution in [-0.2, 0) is 81.0 Å². The first kappa shape index (κ1) is 103. The summed E-state index contributed by atoms with van der Waals surface area (Å²) >= 11 is 15.2. The average molecular weight is 1780 g/mol. The largest absolute Gasteiger partial charge is 0.416 e. The van der Waals surface area contributed by atoms with Crippen molar-refractivity contribution in [1.82, 2.24) is 10.0 Å². The molecule has 0 aliphatic heterocycles. The first-order valence-electron chi connectivity index (χ1n) is 41.1. The van der Waals surface area contributed by atoms with Gasteiger partial charge < -0.3 is 34.0 Å². The van der Waals surface area contributed by atoms with Gasteiger partial charge in [-0.25, -0.2) is 13.1 Å². The van der Waals surface area contributed by atoms with E-state index in [4.69, 9.17) is 51.9 Å². The average Bonchev–Trinajstić information content (AvgIpc) is 1.64. The van der Waals surface area contributed by atoms with E-state index in [1.807, 2.05) is 167 Å². The number of benzene rings is 9. The van der Waals surface area contributed by atoms with Crippen LogP contribution in [0.4, 0.5) is 41.6 Å². The predicted molar refractivity (Wildman–Crippen MR) is 514 cm³/mol. The van der Waals surface area contributed by atoms with Crippen molar-refractivity contribution in [3.8, 4) is 0 Å². The minimum absolute atomic E-state index is 0.000128. The van der Waals surface area contributed by atoms with Crippen LogP contribution in [0.1, 0.15) is 272 Å². The molecule has 0 aliphatic carbocycles. The highest BCUT2D eigenvalue weighted by molar-refractivity contribution is 7.89. The molecule has 0 fully saturated rings. The van der Waals surface area contributed by atoms with Gasteiger partial charge in [0.25, 0.3) is 5.91 Å². The Labute approximate surface area is 751 Å². The molecule has 1 amide bonds. The molecule has 0 radical (unpaired) electrons. The van der Waals surface area contributed by atoms with E-state index >= 15 is 0 Å². The van der Waals surface area contributed by atoms with E-state index in [2.05, 4.69) is 114 Å². The first-order chi connectivity index (χ1) is 57.4. The van der Waals surface area contributed by atoms with Gasteiger partial charge in [-0.3, -0.25) is 24.0 Å². The van der Waals surface area contributed by atoms with Gasteiger partial charge >= 0.3 is 6.18 Å². The summed E-state index contributed by atoms with van der Waals surface area (Å²) in [5.74, 6) is 0.0532. The zero-order chi connectivity index (χ0) is 92.8. The summed E-state index contributed by atoms with van der Waals surface area (Å²) in [5.41, 5.74) is 42.8. The number of alkyl halides is 3. The van der Waals surface area contributed by atoms with Crippen molar-refractivity contribution in [2.45, 2.75) is 234 Å². The van der Waals surface area contributed by atoms with Gasteiger partial charge in [0.05, 0.1) is 20.2 Å². The molecular formula is C102H124Cl2F3N7O7S3. The highest BCUT2D eigenvalue weighted by Crippen LogP contribution is 2.39. The number of halogens is 5. The summed E-state index contributed by atoms with van der Waals surface area (Å²) in [6.45, 7) is 41.7. The first-order valence-corrected chi connectivity index (χ1v) is 45.0. The fourth-order valence-corrected chi connectivity index (χ4v) is 16.3. The minimum Gasteiger partial charge on any atom is -0.399 e. The van der Waals surface area contributed by atoms with Crippen molar-refractivity contribution >= 4 is 113 Å². The van der Waals surface area contributed by atoms with Crippen molar-refractivity contribution in [2.75, 3.05) is 28.7 Å². The number of amides is 1. The molecule has 2 heterocycles. The van der Waals surface area contributed by atoms with Crippen LogP contribution in [0.25, 0.3) is 0 Å². The van der Waals surface area contributed by atoms with Gasteiger partial charge in [-0.15, -0.1) is 22.7 Å². The van der Waals surface area contributed by atoms with Crippen molar-refractivity contribution in [3.05, 3.63) is 326 Å². The molecule has 22 heteroatoms. The number of anilines is 5. The SMILES string of the molecule is CC(=O)c1cc(N)c(C(C)(C)C)s1.CC(C)(C)c1cc(N)cc(C(=O)CCc2ccccc2)c1.CC(C)(C)c1cc(N)cc(C(=O)CCc2ccccc2C(F)(F)F)c1.CC(C)(C)c1cc(N)cc(C(=O)CCc2ccccc2Cl)c1.CC(C)(C)c1sc(C(=O)NCc2ccccc2)cc1N.Cc1cc(C(C)(C)C)cc(S(=O)(=O)NCc2ccccc2Cl)c1. The van der Waals surface area contributed by atoms with E-state index in [0.717, 1.165) is 82.9 Å². The number of carbonyl (C=O) groups excluding carboxylic acids is 5. The van der Waals surface area contributed by atoms with E-state index < -0.39 is 21.8 Å². The highest BCUT2D eigenvalue weighted by Gasteiger charge is 2.33. The Bertz CT molecular complexity index is 5590. The van der Waals surface area contributed by atoms with E-state index in [9.17, 15) is 45.6 Å². The predicted octanol–water partition coefficient (Wildman–Crippen LogP) is 25.6. The van der Waals surface area contributed by atoms with Gasteiger partial charge in [0.15, 0.2) is 23.1 Å². The molecule has 12 N–H and O–H groups in total.